The van der Waals surface area contributed by atoms with Gasteiger partial charge in [-0.15, -0.1) is 0 Å². The second kappa shape index (κ2) is 7.75. The van der Waals surface area contributed by atoms with Crippen molar-refractivity contribution in [1.29, 1.82) is 0 Å². The van der Waals surface area contributed by atoms with Crippen molar-refractivity contribution in [2.24, 2.45) is 0 Å². The molecule has 0 saturated heterocycles. The highest BCUT2D eigenvalue weighted by Crippen LogP contribution is 2.37. The predicted molar refractivity (Wildman–Crippen MR) is 90.1 cm³/mol. The number of hydrogen-bond acceptors (Lipinski definition) is 4. The van der Waals surface area contributed by atoms with Crippen LogP contribution in [0.15, 0.2) is 12.1 Å². The number of benzene rings is 1. The van der Waals surface area contributed by atoms with Crippen LogP contribution in [0, 0.1) is 0 Å². The molecule has 1 saturated carbocycles. The van der Waals surface area contributed by atoms with E-state index in [1.165, 1.54) is 13.2 Å². The summed E-state index contributed by atoms with van der Waals surface area (Å²) in [5.41, 5.74) is -0.377. The van der Waals surface area contributed by atoms with Crippen molar-refractivity contribution in [1.82, 2.24) is 5.32 Å². The molecule has 6 nitrogen and oxygen atoms in total. The zero-order chi connectivity index (χ0) is 17.7. The minimum Gasteiger partial charge on any atom is -0.493 e. The number of hydrogen-bond donors (Lipinski definition) is 2. The van der Waals surface area contributed by atoms with Crippen molar-refractivity contribution in [2.75, 3.05) is 13.7 Å². The first kappa shape index (κ1) is 18.4. The molecule has 1 amide bonds. The zero-order valence-electron chi connectivity index (χ0n) is 13.9. The molecule has 0 heterocycles. The highest BCUT2D eigenvalue weighted by atomic mass is 35.5. The number of carboxylic acid groups (broad SMARTS) is 1. The van der Waals surface area contributed by atoms with Gasteiger partial charge in [0.05, 0.1) is 30.7 Å². The van der Waals surface area contributed by atoms with Gasteiger partial charge in [-0.3, -0.25) is 9.59 Å². The smallest absolute Gasteiger partial charge is 0.305 e. The first-order valence-corrected chi connectivity index (χ1v) is 8.33. The summed E-state index contributed by atoms with van der Waals surface area (Å²) in [6.07, 6.45) is 3.04. The van der Waals surface area contributed by atoms with E-state index >= 15 is 0 Å². The number of carboxylic acids is 1. The third-order valence-electron chi connectivity index (χ3n) is 4.21. The van der Waals surface area contributed by atoms with Crippen LogP contribution in [0.2, 0.25) is 5.02 Å². The Morgan fingerprint density at radius 2 is 2.00 bits per heavy atom. The van der Waals surface area contributed by atoms with Crippen LogP contribution in [-0.2, 0) is 4.79 Å². The lowest BCUT2D eigenvalue weighted by atomic mass is 9.92. The van der Waals surface area contributed by atoms with E-state index < -0.39 is 11.5 Å². The van der Waals surface area contributed by atoms with Crippen LogP contribution < -0.4 is 14.8 Å². The number of nitrogens with one attached hydrogen (secondary N) is 1. The summed E-state index contributed by atoms with van der Waals surface area (Å²) in [4.78, 5) is 23.8. The quantitative estimate of drug-likeness (QED) is 0.784. The molecule has 1 aromatic rings. The zero-order valence-corrected chi connectivity index (χ0v) is 14.6. The average molecular weight is 356 g/mol. The summed E-state index contributed by atoms with van der Waals surface area (Å²) < 4.78 is 10.7. The van der Waals surface area contributed by atoms with Crippen molar-refractivity contribution >= 4 is 23.5 Å². The minimum atomic E-state index is -0.917. The summed E-state index contributed by atoms with van der Waals surface area (Å²) in [6, 6.07) is 3.06. The Labute approximate surface area is 146 Å². The van der Waals surface area contributed by atoms with Gasteiger partial charge in [-0.25, -0.2) is 0 Å². The van der Waals surface area contributed by atoms with Crippen LogP contribution in [0.5, 0.6) is 11.5 Å². The number of ether oxygens (including phenoxy) is 2. The van der Waals surface area contributed by atoms with Crippen LogP contribution in [-0.4, -0.2) is 36.2 Å². The van der Waals surface area contributed by atoms with E-state index in [9.17, 15) is 9.59 Å². The average Bonchev–Trinajstić information content (AvgIpc) is 2.96. The highest BCUT2D eigenvalue weighted by Gasteiger charge is 2.37. The molecular formula is C17H22ClNO5. The van der Waals surface area contributed by atoms with E-state index in [1.807, 2.05) is 6.92 Å². The molecule has 0 bridgehead atoms. The Morgan fingerprint density at radius 3 is 2.54 bits per heavy atom. The molecule has 0 aliphatic heterocycles. The normalized spacial score (nSPS) is 15.8. The molecule has 0 radical (unpaired) electrons. The summed E-state index contributed by atoms with van der Waals surface area (Å²) in [7, 11) is 1.47. The molecule has 0 spiro atoms. The van der Waals surface area contributed by atoms with Crippen LogP contribution in [0.1, 0.15) is 49.4 Å². The largest absolute Gasteiger partial charge is 0.493 e. The number of rotatable bonds is 7. The van der Waals surface area contributed by atoms with Gasteiger partial charge < -0.3 is 19.9 Å². The van der Waals surface area contributed by atoms with E-state index in [1.54, 1.807) is 6.07 Å². The van der Waals surface area contributed by atoms with Gasteiger partial charge in [0.1, 0.15) is 0 Å². The molecule has 24 heavy (non-hydrogen) atoms. The van der Waals surface area contributed by atoms with Gasteiger partial charge in [0.2, 0.25) is 0 Å². The lowest BCUT2D eigenvalue weighted by molar-refractivity contribution is -0.138. The molecule has 0 unspecified atom stereocenters. The maximum absolute atomic E-state index is 12.6. The van der Waals surface area contributed by atoms with Crippen molar-refractivity contribution < 1.29 is 24.2 Å². The first-order valence-electron chi connectivity index (χ1n) is 7.95. The van der Waals surface area contributed by atoms with Gasteiger partial charge >= 0.3 is 5.97 Å². The lowest BCUT2D eigenvalue weighted by Gasteiger charge is -2.29. The lowest BCUT2D eigenvalue weighted by Crippen LogP contribution is -2.47. The fourth-order valence-electron chi connectivity index (χ4n) is 3.14. The van der Waals surface area contributed by atoms with Crippen LogP contribution >= 0.6 is 11.6 Å². The fraction of sp³-hybridized carbons (Fsp3) is 0.529. The topological polar surface area (TPSA) is 84.9 Å². The fourth-order valence-corrected chi connectivity index (χ4v) is 3.40. The monoisotopic (exact) mass is 355 g/mol. The van der Waals surface area contributed by atoms with Crippen LogP contribution in [0.25, 0.3) is 0 Å². The molecule has 7 heteroatoms. The second-order valence-corrected chi connectivity index (χ2v) is 6.34. The van der Waals surface area contributed by atoms with Gasteiger partial charge in [0, 0.05) is 5.56 Å². The van der Waals surface area contributed by atoms with Crippen molar-refractivity contribution in [3.05, 3.63) is 22.7 Å². The van der Waals surface area contributed by atoms with Gasteiger partial charge in [-0.2, -0.15) is 0 Å². The van der Waals surface area contributed by atoms with Crippen molar-refractivity contribution in [3.8, 4) is 11.5 Å². The Morgan fingerprint density at radius 1 is 1.33 bits per heavy atom. The highest BCUT2D eigenvalue weighted by molar-refractivity contribution is 6.32. The molecule has 2 rings (SSSR count). The Hall–Kier alpha value is -1.95. The summed E-state index contributed by atoms with van der Waals surface area (Å²) in [5.74, 6) is -0.520. The van der Waals surface area contributed by atoms with Gasteiger partial charge in [-0.1, -0.05) is 24.4 Å². The van der Waals surface area contributed by atoms with E-state index in [-0.39, 0.29) is 17.4 Å². The first-order chi connectivity index (χ1) is 11.4. The molecule has 1 aliphatic carbocycles. The molecule has 2 N–H and O–H groups in total. The molecule has 0 atom stereocenters. The number of methoxy groups -OCH3 is 1. The maximum atomic E-state index is 12.6. The van der Waals surface area contributed by atoms with Crippen LogP contribution in [0.4, 0.5) is 0 Å². The third-order valence-corrected chi connectivity index (χ3v) is 4.49. The van der Waals surface area contributed by atoms with E-state index in [2.05, 4.69) is 5.32 Å². The Kier molecular flexibility index (Phi) is 5.94. The van der Waals surface area contributed by atoms with Crippen molar-refractivity contribution in [3.63, 3.8) is 0 Å². The van der Waals surface area contributed by atoms with E-state index in [0.717, 1.165) is 12.8 Å². The van der Waals surface area contributed by atoms with Gasteiger partial charge in [0.25, 0.3) is 5.91 Å². The number of carbonyl (C=O) groups excluding carboxylic acids is 1. The predicted octanol–water partition coefficient (Wildman–Crippen LogP) is 3.26. The molecule has 0 aromatic heterocycles. The summed E-state index contributed by atoms with van der Waals surface area (Å²) in [6.45, 7) is 2.25. The molecule has 132 valence electrons. The van der Waals surface area contributed by atoms with E-state index in [0.29, 0.717) is 36.5 Å². The van der Waals surface area contributed by atoms with Gasteiger partial charge in [-0.05, 0) is 31.9 Å². The summed E-state index contributed by atoms with van der Waals surface area (Å²) in [5, 5.41) is 12.3. The summed E-state index contributed by atoms with van der Waals surface area (Å²) >= 11 is 6.19. The van der Waals surface area contributed by atoms with Crippen LogP contribution in [0.3, 0.4) is 0 Å². The standard InChI is InChI=1S/C17H22ClNO5/c1-3-24-15-12(18)8-11(9-13(15)23-2)16(22)19-17(10-14(20)21)6-4-5-7-17/h8-9H,3-7,10H2,1-2H3,(H,19,22)(H,20,21). The SMILES string of the molecule is CCOc1c(Cl)cc(C(=O)NC2(CC(=O)O)CCCC2)cc1OC. The minimum absolute atomic E-state index is 0.0827. The number of halogens is 1. The van der Waals surface area contributed by atoms with Crippen molar-refractivity contribution in [2.45, 2.75) is 44.6 Å². The number of carbonyl (C=O) groups is 2. The molecule has 1 fully saturated rings. The second-order valence-electron chi connectivity index (χ2n) is 5.93. The third kappa shape index (κ3) is 4.12. The molecule has 1 aromatic carbocycles. The molecular weight excluding hydrogens is 334 g/mol. The maximum Gasteiger partial charge on any atom is 0.305 e. The Bertz CT molecular complexity index is 626. The number of aliphatic carboxylic acids is 1. The molecule has 1 aliphatic rings. The Balaban J connectivity index is 2.25. The van der Waals surface area contributed by atoms with Gasteiger partial charge in [0.15, 0.2) is 11.5 Å². The number of amides is 1. The van der Waals surface area contributed by atoms with E-state index in [4.69, 9.17) is 26.2 Å².